The number of rotatable bonds is 4. The molecule has 2 heteroatoms. The Morgan fingerprint density at radius 3 is 1.00 bits per heavy atom. The highest BCUT2D eigenvalue weighted by Gasteiger charge is 2.17. The van der Waals surface area contributed by atoms with E-state index in [1.807, 2.05) is 0 Å². The summed E-state index contributed by atoms with van der Waals surface area (Å²) < 4.78 is 4.80. The Morgan fingerprint density at radius 1 is 0.241 bits per heavy atom. The van der Waals surface area contributed by atoms with Crippen LogP contribution in [0.15, 0.2) is 194 Å². The quantitative estimate of drug-likeness (QED) is 0.163. The lowest BCUT2D eigenvalue weighted by Gasteiger charge is -2.15. The van der Waals surface area contributed by atoms with Crippen molar-refractivity contribution in [3.05, 3.63) is 194 Å². The van der Waals surface area contributed by atoms with Gasteiger partial charge < -0.3 is 9.13 Å². The molecule has 2 nitrogen and oxygen atoms in total. The van der Waals surface area contributed by atoms with Gasteiger partial charge in [-0.2, -0.15) is 0 Å². The molecule has 0 aliphatic heterocycles. The van der Waals surface area contributed by atoms with Gasteiger partial charge in [0.15, 0.2) is 0 Å². The third-order valence-corrected chi connectivity index (χ3v) is 11.6. The molecule has 0 aliphatic carbocycles. The standard InChI is InChI=1S/C52H32N2/c1-3-11-41(12-4-1)53-47-17-9-7-15-43(47)45-25-23-33(31-49(45)53)39-27-35-19-21-37-29-40(30-38-22-20-36(28-39)51(35)52(37)38)34-24-26-46-44-16-8-10-18-48(44)54(50(46)32-34)42-13-5-2-6-14-42/h1-32H. The van der Waals surface area contributed by atoms with Gasteiger partial charge in [0, 0.05) is 32.9 Å². The zero-order chi connectivity index (χ0) is 35.3. The smallest absolute Gasteiger partial charge is 0.0547 e. The Labute approximate surface area is 311 Å². The summed E-state index contributed by atoms with van der Waals surface area (Å²) in [6.45, 7) is 0. The Balaban J connectivity index is 1.01. The molecule has 0 bridgehead atoms. The molecule has 0 amide bonds. The maximum absolute atomic E-state index is 2.40. The molecule has 10 aromatic carbocycles. The van der Waals surface area contributed by atoms with Crippen molar-refractivity contribution in [2.75, 3.05) is 0 Å². The van der Waals surface area contributed by atoms with Crippen LogP contribution in [0.4, 0.5) is 0 Å². The summed E-state index contributed by atoms with van der Waals surface area (Å²) in [5, 5.41) is 12.8. The molecule has 12 rings (SSSR count). The molecule has 0 saturated heterocycles. The minimum absolute atomic E-state index is 1.18. The Hall–Kier alpha value is -7.16. The number of hydrogen-bond acceptors (Lipinski definition) is 0. The lowest BCUT2D eigenvalue weighted by molar-refractivity contribution is 1.18. The van der Waals surface area contributed by atoms with Gasteiger partial charge in [0.25, 0.3) is 0 Å². The maximum atomic E-state index is 2.40. The van der Waals surface area contributed by atoms with Crippen LogP contribution in [-0.2, 0) is 0 Å². The number of fused-ring (bicyclic) bond motifs is 6. The minimum atomic E-state index is 1.18. The lowest BCUT2D eigenvalue weighted by Crippen LogP contribution is -1.93. The first kappa shape index (κ1) is 29.4. The monoisotopic (exact) mass is 684 g/mol. The number of para-hydroxylation sites is 4. The van der Waals surface area contributed by atoms with Gasteiger partial charge in [0.2, 0.25) is 0 Å². The van der Waals surface area contributed by atoms with E-state index in [0.29, 0.717) is 0 Å². The minimum Gasteiger partial charge on any atom is -0.309 e. The largest absolute Gasteiger partial charge is 0.309 e. The highest BCUT2D eigenvalue weighted by atomic mass is 15.0. The summed E-state index contributed by atoms with van der Waals surface area (Å²) in [5.74, 6) is 0. The van der Waals surface area contributed by atoms with Crippen LogP contribution in [0.25, 0.3) is 110 Å². The number of benzene rings is 10. The summed E-state index contributed by atoms with van der Waals surface area (Å²) in [6, 6.07) is 71.6. The predicted octanol–water partition coefficient (Wildman–Crippen LogP) is 14.1. The summed E-state index contributed by atoms with van der Waals surface area (Å²) in [7, 11) is 0. The fourth-order valence-corrected chi connectivity index (χ4v) is 9.18. The van der Waals surface area contributed by atoms with Crippen molar-refractivity contribution in [1.29, 1.82) is 0 Å². The second-order valence-corrected chi connectivity index (χ2v) is 14.6. The van der Waals surface area contributed by atoms with Crippen LogP contribution < -0.4 is 0 Å². The summed E-state index contributed by atoms with van der Waals surface area (Å²) in [4.78, 5) is 0. The van der Waals surface area contributed by atoms with Crippen LogP contribution in [0.5, 0.6) is 0 Å². The molecule has 0 atom stereocenters. The predicted molar refractivity (Wildman–Crippen MR) is 230 cm³/mol. The molecular weight excluding hydrogens is 653 g/mol. The SMILES string of the molecule is c1ccc(-n2c3ccccc3c3ccc(-c4cc5ccc6cc(-c7ccc8c9ccccc9n(-c9ccccc9)c8c7)cc7ccc(c4)c5c67)cc32)cc1. The fraction of sp³-hybridized carbons (Fsp3) is 0. The topological polar surface area (TPSA) is 9.86 Å². The van der Waals surface area contributed by atoms with Gasteiger partial charge in [0.1, 0.15) is 0 Å². The van der Waals surface area contributed by atoms with Crippen molar-refractivity contribution in [1.82, 2.24) is 9.13 Å². The molecule has 0 spiro atoms. The van der Waals surface area contributed by atoms with E-state index in [9.17, 15) is 0 Å². The molecule has 250 valence electrons. The number of aromatic nitrogens is 2. The summed E-state index contributed by atoms with van der Waals surface area (Å²) in [6.07, 6.45) is 0. The first-order valence-electron chi connectivity index (χ1n) is 18.7. The van der Waals surface area contributed by atoms with E-state index in [1.54, 1.807) is 0 Å². The van der Waals surface area contributed by atoms with Crippen molar-refractivity contribution in [2.45, 2.75) is 0 Å². The lowest BCUT2D eigenvalue weighted by atomic mass is 9.89. The average Bonchev–Trinajstić information content (AvgIpc) is 3.75. The second-order valence-electron chi connectivity index (χ2n) is 14.6. The third-order valence-electron chi connectivity index (χ3n) is 11.6. The van der Waals surface area contributed by atoms with E-state index >= 15 is 0 Å². The van der Waals surface area contributed by atoms with Crippen LogP contribution in [0, 0.1) is 0 Å². The highest BCUT2D eigenvalue weighted by Crippen LogP contribution is 2.42. The van der Waals surface area contributed by atoms with Gasteiger partial charge in [-0.25, -0.2) is 0 Å². The van der Waals surface area contributed by atoms with E-state index in [-0.39, 0.29) is 0 Å². The molecule has 2 heterocycles. The first-order valence-corrected chi connectivity index (χ1v) is 18.7. The van der Waals surface area contributed by atoms with E-state index in [2.05, 4.69) is 203 Å². The van der Waals surface area contributed by atoms with Crippen molar-refractivity contribution in [3.8, 4) is 33.6 Å². The van der Waals surface area contributed by atoms with Crippen LogP contribution in [-0.4, -0.2) is 9.13 Å². The molecule has 0 fully saturated rings. The Kier molecular flexibility index (Phi) is 6.09. The van der Waals surface area contributed by atoms with Crippen molar-refractivity contribution in [2.24, 2.45) is 0 Å². The van der Waals surface area contributed by atoms with E-state index < -0.39 is 0 Å². The normalized spacial score (nSPS) is 12.1. The van der Waals surface area contributed by atoms with Crippen LogP contribution in [0.2, 0.25) is 0 Å². The van der Waals surface area contributed by atoms with Gasteiger partial charge in [-0.3, -0.25) is 0 Å². The zero-order valence-corrected chi connectivity index (χ0v) is 29.4. The van der Waals surface area contributed by atoms with E-state index in [1.165, 1.54) is 110 Å². The molecule has 54 heavy (non-hydrogen) atoms. The molecule has 0 unspecified atom stereocenters. The van der Waals surface area contributed by atoms with Crippen LogP contribution in [0.1, 0.15) is 0 Å². The van der Waals surface area contributed by atoms with Gasteiger partial charge in [-0.15, -0.1) is 0 Å². The molecule has 0 aliphatic rings. The molecular formula is C52H32N2. The Morgan fingerprint density at radius 2 is 0.593 bits per heavy atom. The average molecular weight is 685 g/mol. The van der Waals surface area contributed by atoms with Crippen molar-refractivity contribution < 1.29 is 0 Å². The van der Waals surface area contributed by atoms with Crippen molar-refractivity contribution in [3.63, 3.8) is 0 Å². The molecule has 12 aromatic rings. The first-order chi connectivity index (χ1) is 26.8. The van der Waals surface area contributed by atoms with Gasteiger partial charge in [-0.05, 0) is 127 Å². The van der Waals surface area contributed by atoms with E-state index in [4.69, 9.17) is 0 Å². The second kappa shape index (κ2) is 11.2. The number of hydrogen-bond donors (Lipinski definition) is 0. The van der Waals surface area contributed by atoms with Crippen LogP contribution >= 0.6 is 0 Å². The highest BCUT2D eigenvalue weighted by molar-refractivity contribution is 6.25. The molecule has 0 saturated carbocycles. The number of nitrogens with zero attached hydrogens (tertiary/aromatic N) is 2. The van der Waals surface area contributed by atoms with Crippen molar-refractivity contribution >= 4 is 75.9 Å². The zero-order valence-electron chi connectivity index (χ0n) is 29.4. The van der Waals surface area contributed by atoms with Gasteiger partial charge in [-0.1, -0.05) is 121 Å². The Bertz CT molecular complexity index is 3120. The van der Waals surface area contributed by atoms with Gasteiger partial charge >= 0.3 is 0 Å². The molecule has 0 N–H and O–H groups in total. The molecule has 0 radical (unpaired) electrons. The summed E-state index contributed by atoms with van der Waals surface area (Å²) in [5.41, 5.74) is 12.2. The third kappa shape index (κ3) is 4.22. The fourth-order valence-electron chi connectivity index (χ4n) is 9.18. The van der Waals surface area contributed by atoms with Crippen LogP contribution in [0.3, 0.4) is 0 Å². The molecule has 2 aromatic heterocycles. The van der Waals surface area contributed by atoms with Gasteiger partial charge in [0.05, 0.1) is 22.1 Å². The summed E-state index contributed by atoms with van der Waals surface area (Å²) >= 11 is 0. The maximum Gasteiger partial charge on any atom is 0.0547 e. The van der Waals surface area contributed by atoms with E-state index in [0.717, 1.165) is 0 Å².